The molecule has 2 atom stereocenters. The largest absolute Gasteiger partial charge is 0.508 e. The second-order valence-electron chi connectivity index (χ2n) is 10.7. The predicted octanol–water partition coefficient (Wildman–Crippen LogP) is 3.96. The quantitative estimate of drug-likeness (QED) is 0.282. The highest BCUT2D eigenvalue weighted by atomic mass is 32.1. The van der Waals surface area contributed by atoms with Crippen LogP contribution in [0, 0.1) is 5.92 Å². The number of aromatic nitrogens is 4. The standard InChI is InChI=1S/C30H29N5O5S/c1-39-22-5-4-6-23-24(22)20-15-34(14-18(20)16-40-23)11-2-3-12-35-29(37)27-25(33-30(35)38)26-28(41-27)31-13-21(32-26)17-7-9-19(36)10-8-17/h4-10,13,18,20,36H,2-3,11-12,14-16H2,1H3,(H,33,38)/t18-,20-/m1/s1. The molecule has 1 fully saturated rings. The van der Waals surface area contributed by atoms with Crippen molar-refractivity contribution in [2.24, 2.45) is 5.92 Å². The van der Waals surface area contributed by atoms with Crippen LogP contribution in [-0.4, -0.2) is 62.9 Å². The van der Waals surface area contributed by atoms with Gasteiger partial charge < -0.3 is 24.5 Å². The summed E-state index contributed by atoms with van der Waals surface area (Å²) in [4.78, 5) is 41.4. The molecule has 2 N–H and O–H groups in total. The number of nitrogens with zero attached hydrogens (tertiary/aromatic N) is 4. The number of unbranched alkanes of at least 4 members (excludes halogenated alkanes) is 1. The molecule has 210 valence electrons. The number of nitrogens with one attached hydrogen (secondary N) is 1. The number of benzene rings is 2. The normalized spacial score (nSPS) is 18.4. The first kappa shape index (κ1) is 25.7. The molecule has 3 aromatic heterocycles. The van der Waals surface area contributed by atoms with Crippen molar-refractivity contribution in [3.63, 3.8) is 0 Å². The number of phenols is 1. The summed E-state index contributed by atoms with van der Waals surface area (Å²) in [6.07, 6.45) is 3.22. The lowest BCUT2D eigenvalue weighted by atomic mass is 9.86. The Morgan fingerprint density at radius 1 is 1.12 bits per heavy atom. The van der Waals surface area contributed by atoms with Crippen molar-refractivity contribution in [1.82, 2.24) is 24.4 Å². The van der Waals surface area contributed by atoms with Gasteiger partial charge in [0.25, 0.3) is 5.56 Å². The molecule has 10 nitrogen and oxygen atoms in total. The average molecular weight is 572 g/mol. The van der Waals surface area contributed by atoms with Gasteiger partial charge in [-0.15, -0.1) is 11.3 Å². The second-order valence-corrected chi connectivity index (χ2v) is 11.7. The van der Waals surface area contributed by atoms with Crippen LogP contribution in [0.25, 0.3) is 31.8 Å². The van der Waals surface area contributed by atoms with Crippen LogP contribution in [0.4, 0.5) is 0 Å². The molecule has 41 heavy (non-hydrogen) atoms. The summed E-state index contributed by atoms with van der Waals surface area (Å²) in [5.41, 5.74) is 2.71. The number of H-pyrrole nitrogens is 1. The van der Waals surface area contributed by atoms with Crippen molar-refractivity contribution >= 4 is 31.9 Å². The number of rotatable bonds is 7. The van der Waals surface area contributed by atoms with Gasteiger partial charge in [0.15, 0.2) is 0 Å². The minimum atomic E-state index is -0.438. The van der Waals surface area contributed by atoms with Crippen molar-refractivity contribution in [2.75, 3.05) is 33.4 Å². The number of aromatic hydroxyl groups is 1. The molecule has 5 heterocycles. The SMILES string of the molecule is COc1cccc2c1[C@@H]1CN(CCCCn3c(=O)[nH]c4c(sc5ncc(-c6ccc(O)cc6)nc54)c3=O)C[C@@H]1CO2. The van der Waals surface area contributed by atoms with Crippen LogP contribution in [0.2, 0.25) is 0 Å². The van der Waals surface area contributed by atoms with E-state index in [9.17, 15) is 14.7 Å². The van der Waals surface area contributed by atoms with Gasteiger partial charge in [-0.05, 0) is 55.8 Å². The van der Waals surface area contributed by atoms with Crippen molar-refractivity contribution in [3.8, 4) is 28.5 Å². The molecule has 5 aromatic rings. The Bertz CT molecular complexity index is 1870. The minimum Gasteiger partial charge on any atom is -0.508 e. The zero-order chi connectivity index (χ0) is 28.1. The van der Waals surface area contributed by atoms with Crippen molar-refractivity contribution in [3.05, 3.63) is 75.1 Å². The van der Waals surface area contributed by atoms with Crippen molar-refractivity contribution in [2.45, 2.75) is 25.3 Å². The lowest BCUT2D eigenvalue weighted by Crippen LogP contribution is -2.34. The molecular formula is C30H29N5O5S. The van der Waals surface area contributed by atoms with E-state index < -0.39 is 5.69 Å². The van der Waals surface area contributed by atoms with Crippen molar-refractivity contribution in [1.29, 1.82) is 0 Å². The third-order valence-electron chi connectivity index (χ3n) is 8.17. The Morgan fingerprint density at radius 2 is 1.95 bits per heavy atom. The first-order chi connectivity index (χ1) is 20.0. The van der Waals surface area contributed by atoms with E-state index in [2.05, 4.69) is 19.9 Å². The summed E-state index contributed by atoms with van der Waals surface area (Å²) in [6, 6.07) is 12.6. The molecule has 11 heteroatoms. The third kappa shape index (κ3) is 4.54. The molecule has 0 bridgehead atoms. The maximum Gasteiger partial charge on any atom is 0.328 e. The smallest absolute Gasteiger partial charge is 0.328 e. The summed E-state index contributed by atoms with van der Waals surface area (Å²) in [6.45, 7) is 3.85. The van der Waals surface area contributed by atoms with Crippen LogP contribution in [0.15, 0.2) is 58.3 Å². The van der Waals surface area contributed by atoms with Crippen LogP contribution in [-0.2, 0) is 6.54 Å². The number of aromatic amines is 1. The van der Waals surface area contributed by atoms with Gasteiger partial charge in [0, 0.05) is 42.6 Å². The van der Waals surface area contributed by atoms with Gasteiger partial charge in [-0.25, -0.2) is 14.8 Å². The van der Waals surface area contributed by atoms with Crippen LogP contribution in [0.5, 0.6) is 17.2 Å². The van der Waals surface area contributed by atoms with E-state index in [0.717, 1.165) is 43.1 Å². The van der Waals surface area contributed by atoms with Crippen LogP contribution < -0.4 is 20.7 Å². The Hall–Kier alpha value is -4.22. The Labute approximate surface area is 238 Å². The average Bonchev–Trinajstić information content (AvgIpc) is 3.57. The van der Waals surface area contributed by atoms with Crippen LogP contribution in [0.1, 0.15) is 24.3 Å². The number of phenolic OH excluding ortho intramolecular Hbond substituents is 1. The number of methoxy groups -OCH3 is 1. The third-order valence-corrected chi connectivity index (χ3v) is 9.25. The lowest BCUT2D eigenvalue weighted by Gasteiger charge is -2.29. The fourth-order valence-corrected chi connectivity index (χ4v) is 7.13. The van der Waals surface area contributed by atoms with Gasteiger partial charge >= 0.3 is 5.69 Å². The lowest BCUT2D eigenvalue weighted by molar-refractivity contribution is 0.209. The monoisotopic (exact) mass is 571 g/mol. The first-order valence-corrected chi connectivity index (χ1v) is 14.6. The predicted molar refractivity (Wildman–Crippen MR) is 157 cm³/mol. The Morgan fingerprint density at radius 3 is 2.78 bits per heavy atom. The molecule has 0 saturated carbocycles. The van der Waals surface area contributed by atoms with E-state index >= 15 is 0 Å². The van der Waals surface area contributed by atoms with Crippen LogP contribution >= 0.6 is 11.3 Å². The van der Waals surface area contributed by atoms with Gasteiger partial charge in [0.2, 0.25) is 0 Å². The van der Waals surface area contributed by atoms with E-state index in [4.69, 9.17) is 9.47 Å². The number of hydrogen-bond acceptors (Lipinski definition) is 9. The number of thiophene rings is 1. The Balaban J connectivity index is 1.05. The number of hydrogen-bond donors (Lipinski definition) is 2. The molecule has 2 aromatic carbocycles. The summed E-state index contributed by atoms with van der Waals surface area (Å²) in [5, 5.41) is 9.57. The second kappa shape index (κ2) is 10.3. The zero-order valence-corrected chi connectivity index (χ0v) is 23.3. The molecule has 2 aliphatic rings. The summed E-state index contributed by atoms with van der Waals surface area (Å²) >= 11 is 1.24. The molecule has 2 aliphatic heterocycles. The Kier molecular flexibility index (Phi) is 6.47. The highest BCUT2D eigenvalue weighted by molar-refractivity contribution is 7.25. The molecule has 0 amide bonds. The molecule has 1 saturated heterocycles. The van der Waals surface area contributed by atoms with E-state index in [1.165, 1.54) is 21.5 Å². The molecular weight excluding hydrogens is 542 g/mol. The maximum atomic E-state index is 13.3. The van der Waals surface area contributed by atoms with E-state index in [0.29, 0.717) is 57.7 Å². The molecule has 0 radical (unpaired) electrons. The topological polar surface area (TPSA) is 123 Å². The van der Waals surface area contributed by atoms with Gasteiger partial charge in [-0.2, -0.15) is 0 Å². The number of ether oxygens (including phenoxy) is 2. The molecule has 0 unspecified atom stereocenters. The van der Waals surface area contributed by atoms with E-state index in [-0.39, 0.29) is 11.3 Å². The van der Waals surface area contributed by atoms with Gasteiger partial charge in [-0.3, -0.25) is 9.36 Å². The highest BCUT2D eigenvalue weighted by Crippen LogP contribution is 2.46. The maximum absolute atomic E-state index is 13.3. The van der Waals surface area contributed by atoms with Crippen molar-refractivity contribution < 1.29 is 14.6 Å². The highest BCUT2D eigenvalue weighted by Gasteiger charge is 2.40. The summed E-state index contributed by atoms with van der Waals surface area (Å²) in [7, 11) is 1.70. The van der Waals surface area contributed by atoms with Gasteiger partial charge in [0.1, 0.15) is 32.3 Å². The molecule has 0 spiro atoms. The summed E-state index contributed by atoms with van der Waals surface area (Å²) < 4.78 is 13.4. The fraction of sp³-hybridized carbons (Fsp3) is 0.333. The minimum absolute atomic E-state index is 0.160. The van der Waals surface area contributed by atoms with Gasteiger partial charge in [-0.1, -0.05) is 6.07 Å². The van der Waals surface area contributed by atoms with Crippen LogP contribution in [0.3, 0.4) is 0 Å². The van der Waals surface area contributed by atoms with E-state index in [1.807, 2.05) is 18.2 Å². The first-order valence-electron chi connectivity index (χ1n) is 13.7. The number of fused-ring (bicyclic) bond motifs is 6. The molecule has 7 rings (SSSR count). The summed E-state index contributed by atoms with van der Waals surface area (Å²) in [5.74, 6) is 2.78. The number of likely N-dealkylation sites (tertiary alicyclic amines) is 1. The zero-order valence-electron chi connectivity index (χ0n) is 22.5. The van der Waals surface area contributed by atoms with Gasteiger partial charge in [0.05, 0.1) is 31.1 Å². The molecule has 0 aliphatic carbocycles. The fourth-order valence-electron chi connectivity index (χ4n) is 6.14. The van der Waals surface area contributed by atoms with E-state index in [1.54, 1.807) is 37.6 Å².